The van der Waals surface area contributed by atoms with Gasteiger partial charge in [-0.25, -0.2) is 0 Å². The molecule has 1 atom stereocenters. The Labute approximate surface area is 192 Å². The van der Waals surface area contributed by atoms with Gasteiger partial charge < -0.3 is 34.7 Å². The molecular weight excluding hydrogens is 546 g/mol. The van der Waals surface area contributed by atoms with Crippen molar-refractivity contribution in [2.45, 2.75) is 64.2 Å². The van der Waals surface area contributed by atoms with Gasteiger partial charge in [-0.05, 0) is 45.6 Å². The topological polar surface area (TPSA) is 15.3 Å². The predicted molar refractivity (Wildman–Crippen MR) is 103 cm³/mol. The first-order valence-electron chi connectivity index (χ1n) is 9.13. The van der Waals surface area contributed by atoms with Gasteiger partial charge in [0.25, 0.3) is 0 Å². The SMILES string of the molecule is CC(C)(C)N[Si](C)(C)C1C=C(N2CCCCC2)c2ccccc21.[Cl-].[Cl-].[Hf]. The van der Waals surface area contributed by atoms with Crippen molar-refractivity contribution < 1.29 is 50.7 Å². The van der Waals surface area contributed by atoms with E-state index in [4.69, 9.17) is 0 Å². The number of piperidine rings is 1. The molecule has 0 aromatic heterocycles. The zero-order valence-corrected chi connectivity index (χ0v) is 22.8. The molecule has 0 radical (unpaired) electrons. The number of fused-ring (bicyclic) bond motifs is 1. The third-order valence-corrected chi connectivity index (χ3v) is 8.49. The summed E-state index contributed by atoms with van der Waals surface area (Å²) in [5.74, 6) is 0. The van der Waals surface area contributed by atoms with Crippen LogP contribution < -0.4 is 29.8 Å². The number of hydrogen-bond donors (Lipinski definition) is 1. The maximum Gasteiger partial charge on any atom is 0.131 e. The summed E-state index contributed by atoms with van der Waals surface area (Å²) < 4.78 is 0. The maximum absolute atomic E-state index is 3.98. The summed E-state index contributed by atoms with van der Waals surface area (Å²) in [5, 5.41) is 0. The van der Waals surface area contributed by atoms with Crippen LogP contribution in [0.25, 0.3) is 5.70 Å². The average molecular weight is 578 g/mol. The Hall–Kier alpha value is 0.387. The van der Waals surface area contributed by atoms with Crippen molar-refractivity contribution in [2.75, 3.05) is 13.1 Å². The fraction of sp³-hybridized carbons (Fsp3) is 0.600. The Morgan fingerprint density at radius 1 is 1.00 bits per heavy atom. The summed E-state index contributed by atoms with van der Waals surface area (Å²) in [6, 6.07) is 9.09. The molecule has 2 aliphatic rings. The molecule has 1 saturated heterocycles. The molecule has 0 spiro atoms. The van der Waals surface area contributed by atoms with Gasteiger partial charge in [-0.1, -0.05) is 43.4 Å². The smallest absolute Gasteiger partial charge is 0.131 e. The molecule has 1 heterocycles. The number of allylic oxidation sites excluding steroid dienone is 1. The first-order chi connectivity index (χ1) is 10.8. The summed E-state index contributed by atoms with van der Waals surface area (Å²) in [6.07, 6.45) is 6.65. The first kappa shape index (κ1) is 26.4. The van der Waals surface area contributed by atoms with E-state index < -0.39 is 8.24 Å². The molecule has 3 rings (SSSR count). The van der Waals surface area contributed by atoms with E-state index >= 15 is 0 Å². The van der Waals surface area contributed by atoms with E-state index in [1.54, 1.807) is 5.56 Å². The number of rotatable bonds is 3. The van der Waals surface area contributed by atoms with Crippen molar-refractivity contribution in [3.63, 3.8) is 0 Å². The standard InChI is InChI=1S/C20H32N2Si.2ClH.Hf/c1-20(2,3)21-23(4,5)19-15-18(22-13-9-6-10-14-22)16-11-7-8-12-17(16)19;;;/h7-8,11-12,15,19,21H,6,9-10,13-14H2,1-5H3;2*1H;/p-2. The Kier molecular flexibility index (Phi) is 10.4. The van der Waals surface area contributed by atoms with Crippen LogP contribution in [-0.4, -0.2) is 31.8 Å². The van der Waals surface area contributed by atoms with Crippen molar-refractivity contribution in [2.24, 2.45) is 0 Å². The number of nitrogens with one attached hydrogen (secondary N) is 1. The van der Waals surface area contributed by atoms with Crippen molar-refractivity contribution in [1.82, 2.24) is 9.88 Å². The number of halogens is 2. The van der Waals surface area contributed by atoms with E-state index in [0.717, 1.165) is 0 Å². The molecule has 1 aromatic carbocycles. The predicted octanol–water partition coefficient (Wildman–Crippen LogP) is -1.25. The van der Waals surface area contributed by atoms with Gasteiger partial charge in [0.05, 0.1) is 0 Å². The van der Waals surface area contributed by atoms with Gasteiger partial charge in [0.1, 0.15) is 8.24 Å². The third kappa shape index (κ3) is 5.94. The molecule has 2 nitrogen and oxygen atoms in total. The summed E-state index contributed by atoms with van der Waals surface area (Å²) in [4.78, 5) is 6.61. The largest absolute Gasteiger partial charge is 1.00 e. The maximum atomic E-state index is 3.98. The Bertz CT molecular complexity index is 608. The van der Waals surface area contributed by atoms with E-state index in [0.29, 0.717) is 5.54 Å². The zero-order valence-electron chi connectivity index (χ0n) is 16.7. The van der Waals surface area contributed by atoms with Gasteiger partial charge >= 0.3 is 0 Å². The normalized spacial score (nSPS) is 19.5. The number of benzene rings is 1. The second-order valence-corrected chi connectivity index (χ2v) is 13.1. The molecule has 1 unspecified atom stereocenters. The molecular formula is C20H32Cl2HfN2Si-2. The van der Waals surface area contributed by atoms with Gasteiger partial charge in [0, 0.05) is 61.3 Å². The zero-order chi connectivity index (χ0) is 16.7. The molecule has 0 bridgehead atoms. The van der Waals surface area contributed by atoms with Crippen LogP contribution in [0.4, 0.5) is 0 Å². The summed E-state index contributed by atoms with van der Waals surface area (Å²) in [6.45, 7) is 14.3. The Morgan fingerprint density at radius 2 is 1.58 bits per heavy atom. The molecule has 6 heteroatoms. The van der Waals surface area contributed by atoms with E-state index in [2.05, 4.69) is 74.1 Å². The molecule has 1 N–H and O–H groups in total. The van der Waals surface area contributed by atoms with Crippen LogP contribution in [0.1, 0.15) is 56.7 Å². The second kappa shape index (κ2) is 10.2. The fourth-order valence-electron chi connectivity index (χ4n) is 4.39. The van der Waals surface area contributed by atoms with Crippen LogP contribution in [0.3, 0.4) is 0 Å². The molecule has 1 fully saturated rings. The minimum absolute atomic E-state index is 0. The summed E-state index contributed by atoms with van der Waals surface area (Å²) in [7, 11) is -1.62. The van der Waals surface area contributed by atoms with E-state index in [1.807, 2.05) is 0 Å². The molecule has 1 aromatic rings. The van der Waals surface area contributed by atoms with Crippen LogP contribution in [0.2, 0.25) is 13.1 Å². The van der Waals surface area contributed by atoms with Crippen LogP contribution in [-0.2, 0) is 25.8 Å². The number of likely N-dealkylation sites (tertiary alicyclic amines) is 1. The Morgan fingerprint density at radius 3 is 2.15 bits per heavy atom. The van der Waals surface area contributed by atoms with E-state index in [-0.39, 0.29) is 56.2 Å². The van der Waals surface area contributed by atoms with Crippen molar-refractivity contribution in [3.8, 4) is 0 Å². The minimum atomic E-state index is -1.62. The first-order valence-corrected chi connectivity index (χ1v) is 12.2. The molecule has 146 valence electrons. The van der Waals surface area contributed by atoms with Crippen LogP contribution >= 0.6 is 0 Å². The molecule has 1 aliphatic heterocycles. The fourth-order valence-corrected chi connectivity index (χ4v) is 8.08. The van der Waals surface area contributed by atoms with Crippen LogP contribution in [0, 0.1) is 0 Å². The number of hydrogen-bond acceptors (Lipinski definition) is 2. The van der Waals surface area contributed by atoms with E-state index in [1.165, 1.54) is 43.6 Å². The third-order valence-electron chi connectivity index (χ3n) is 5.07. The summed E-state index contributed by atoms with van der Waals surface area (Å²) >= 11 is 0. The van der Waals surface area contributed by atoms with Crippen LogP contribution in [0.5, 0.6) is 0 Å². The van der Waals surface area contributed by atoms with Crippen molar-refractivity contribution >= 4 is 13.9 Å². The molecule has 1 aliphatic carbocycles. The molecule has 0 saturated carbocycles. The van der Waals surface area contributed by atoms with Gasteiger partial charge in [-0.3, -0.25) is 0 Å². The van der Waals surface area contributed by atoms with Gasteiger partial charge in [-0.2, -0.15) is 0 Å². The van der Waals surface area contributed by atoms with E-state index in [9.17, 15) is 0 Å². The van der Waals surface area contributed by atoms with Gasteiger partial charge in [-0.15, -0.1) is 0 Å². The van der Waals surface area contributed by atoms with Gasteiger partial charge in [0.15, 0.2) is 0 Å². The van der Waals surface area contributed by atoms with Crippen LogP contribution in [0.15, 0.2) is 30.3 Å². The van der Waals surface area contributed by atoms with Gasteiger partial charge in [0.2, 0.25) is 0 Å². The second-order valence-electron chi connectivity index (χ2n) is 8.76. The Balaban J connectivity index is 0.00000208. The minimum Gasteiger partial charge on any atom is -1.00 e. The summed E-state index contributed by atoms with van der Waals surface area (Å²) in [5.41, 5.74) is 5.26. The number of nitrogens with zero attached hydrogens (tertiary/aromatic N) is 1. The molecule has 26 heavy (non-hydrogen) atoms. The molecule has 0 amide bonds. The quantitative estimate of drug-likeness (QED) is 0.452. The average Bonchev–Trinajstić information content (AvgIpc) is 2.86. The van der Waals surface area contributed by atoms with Crippen molar-refractivity contribution in [3.05, 3.63) is 41.5 Å². The van der Waals surface area contributed by atoms with Crippen molar-refractivity contribution in [1.29, 1.82) is 0 Å². The monoisotopic (exact) mass is 578 g/mol.